The molecule has 2 aromatic carbocycles. The predicted molar refractivity (Wildman–Crippen MR) is 130 cm³/mol. The van der Waals surface area contributed by atoms with Crippen molar-refractivity contribution in [1.82, 2.24) is 25.1 Å². The number of phenolic OH excluding ortho intramolecular Hbond substituents is 3. The first-order valence-corrected chi connectivity index (χ1v) is 10.7. The minimum absolute atomic E-state index is 0.0357. The van der Waals surface area contributed by atoms with Gasteiger partial charge in [0.15, 0.2) is 0 Å². The maximum atomic E-state index is 12.7. The molecule has 34 heavy (non-hydrogen) atoms. The first-order valence-electron chi connectivity index (χ1n) is 10.7. The number of aromatic hydroxyl groups is 3. The van der Waals surface area contributed by atoms with Crippen LogP contribution in [0.15, 0.2) is 23.2 Å². The quantitative estimate of drug-likeness (QED) is 0.222. The third kappa shape index (κ3) is 5.68. The van der Waals surface area contributed by atoms with Crippen molar-refractivity contribution in [2.45, 2.75) is 6.10 Å². The van der Waals surface area contributed by atoms with Crippen LogP contribution in [0.4, 0.5) is 0 Å². The Bertz CT molecular complexity index is 1230. The number of carbonyl (C=O) groups excluding carboxylic acids is 1. The molecule has 182 valence electrons. The molecule has 3 aromatic rings. The number of aliphatic hydroxyl groups excluding tert-OH is 1. The summed E-state index contributed by atoms with van der Waals surface area (Å²) in [5.41, 5.74) is 0.639. The van der Waals surface area contributed by atoms with Crippen molar-refractivity contribution in [1.29, 1.82) is 0 Å². The van der Waals surface area contributed by atoms with Gasteiger partial charge in [-0.15, -0.1) is 0 Å². The molecule has 3 rings (SSSR count). The average molecular weight is 471 g/mol. The molecule has 0 saturated heterocycles. The molecular formula is C23H30N6O5. The van der Waals surface area contributed by atoms with Crippen molar-refractivity contribution in [3.8, 4) is 17.2 Å². The van der Waals surface area contributed by atoms with Crippen LogP contribution in [0.3, 0.4) is 0 Å². The molecule has 0 fully saturated rings. The highest BCUT2D eigenvalue weighted by Crippen LogP contribution is 2.35. The van der Waals surface area contributed by atoms with Gasteiger partial charge >= 0.3 is 0 Å². The van der Waals surface area contributed by atoms with Gasteiger partial charge in [-0.2, -0.15) is 0 Å². The lowest BCUT2D eigenvalue weighted by atomic mass is 10.1. The minimum Gasteiger partial charge on any atom is -0.507 e. The van der Waals surface area contributed by atoms with Gasteiger partial charge in [0.25, 0.3) is 5.91 Å². The number of phenols is 3. The third-order valence-electron chi connectivity index (χ3n) is 5.05. The van der Waals surface area contributed by atoms with E-state index in [1.165, 1.54) is 18.3 Å². The molecule has 0 saturated carbocycles. The summed E-state index contributed by atoms with van der Waals surface area (Å²) in [6, 6.07) is 3.90. The molecule has 0 bridgehead atoms. The van der Waals surface area contributed by atoms with Gasteiger partial charge in [-0.05, 0) is 40.3 Å². The molecule has 0 radical (unpaired) electrons. The number of aliphatic hydroxyl groups is 1. The highest BCUT2D eigenvalue weighted by molar-refractivity contribution is 6.10. The molecule has 1 amide bonds. The van der Waals surface area contributed by atoms with E-state index < -0.39 is 12.0 Å². The number of aromatic nitrogens is 2. The Morgan fingerprint density at radius 1 is 1.00 bits per heavy atom. The Hall–Kier alpha value is -3.54. The minimum atomic E-state index is -0.707. The molecule has 0 aliphatic rings. The lowest BCUT2D eigenvalue weighted by Gasteiger charge is -2.14. The van der Waals surface area contributed by atoms with Crippen LogP contribution in [-0.4, -0.2) is 113 Å². The summed E-state index contributed by atoms with van der Waals surface area (Å²) >= 11 is 0. The molecule has 1 atom stereocenters. The van der Waals surface area contributed by atoms with Crippen LogP contribution in [0, 0.1) is 0 Å². The smallest absolute Gasteiger partial charge is 0.253 e. The van der Waals surface area contributed by atoms with E-state index in [1.807, 2.05) is 38.0 Å². The van der Waals surface area contributed by atoms with E-state index in [0.717, 1.165) is 6.07 Å². The molecular weight excluding hydrogens is 440 g/mol. The summed E-state index contributed by atoms with van der Waals surface area (Å²) in [6.45, 7) is 1.55. The van der Waals surface area contributed by atoms with E-state index in [9.17, 15) is 25.2 Å². The van der Waals surface area contributed by atoms with Gasteiger partial charge in [0, 0.05) is 31.9 Å². The zero-order chi connectivity index (χ0) is 25.0. The number of likely N-dealkylation sites (N-methyl/N-ethyl adjacent to an activating group) is 2. The predicted octanol–water partition coefficient (Wildman–Crippen LogP) is 0.533. The Labute approximate surface area is 197 Å². The summed E-state index contributed by atoms with van der Waals surface area (Å²) in [4.78, 5) is 29.5. The number of aliphatic imine (C=N–C) groups is 1. The normalized spacial score (nSPS) is 12.9. The first kappa shape index (κ1) is 25.1. The molecule has 1 heterocycles. The second kappa shape index (κ2) is 10.6. The Morgan fingerprint density at radius 3 is 2.35 bits per heavy atom. The van der Waals surface area contributed by atoms with Crippen LogP contribution in [0.1, 0.15) is 15.9 Å². The second-order valence-corrected chi connectivity index (χ2v) is 8.55. The largest absolute Gasteiger partial charge is 0.507 e. The molecule has 0 spiro atoms. The molecule has 11 nitrogen and oxygen atoms in total. The van der Waals surface area contributed by atoms with Gasteiger partial charge < -0.3 is 35.5 Å². The van der Waals surface area contributed by atoms with Crippen LogP contribution in [0.5, 0.6) is 17.2 Å². The molecule has 11 heteroatoms. The topological polar surface area (TPSA) is 155 Å². The van der Waals surface area contributed by atoms with Gasteiger partial charge in [-0.3, -0.25) is 9.79 Å². The molecule has 0 aliphatic carbocycles. The van der Waals surface area contributed by atoms with Gasteiger partial charge in [-0.25, -0.2) is 9.97 Å². The zero-order valence-corrected chi connectivity index (χ0v) is 19.6. The number of hydrogen-bond acceptors (Lipinski definition) is 10. The third-order valence-corrected chi connectivity index (χ3v) is 5.05. The number of rotatable bonds is 9. The molecule has 1 aromatic heterocycles. The lowest BCUT2D eigenvalue weighted by molar-refractivity contribution is 0.0952. The lowest BCUT2D eigenvalue weighted by Crippen LogP contribution is -2.31. The maximum Gasteiger partial charge on any atom is 0.253 e. The van der Waals surface area contributed by atoms with Crippen molar-refractivity contribution < 1.29 is 25.2 Å². The first-order chi connectivity index (χ1) is 16.1. The molecule has 0 aliphatic heterocycles. The Kier molecular flexibility index (Phi) is 7.82. The number of amides is 1. The maximum absolute atomic E-state index is 12.7. The fourth-order valence-electron chi connectivity index (χ4n) is 3.43. The second-order valence-electron chi connectivity index (χ2n) is 8.55. The fraction of sp³-hybridized carbons (Fsp3) is 0.391. The summed E-state index contributed by atoms with van der Waals surface area (Å²) in [5.74, 6) is -1.23. The molecule has 1 unspecified atom stereocenters. The number of hydrogen-bond donors (Lipinski definition) is 5. The summed E-state index contributed by atoms with van der Waals surface area (Å²) in [6.07, 6.45) is 0.632. The number of nitrogens with zero attached hydrogens (tertiary/aromatic N) is 5. The highest BCUT2D eigenvalue weighted by Gasteiger charge is 2.20. The van der Waals surface area contributed by atoms with E-state index in [0.29, 0.717) is 19.6 Å². The van der Waals surface area contributed by atoms with E-state index in [2.05, 4.69) is 20.3 Å². The fourth-order valence-corrected chi connectivity index (χ4v) is 3.43. The Balaban J connectivity index is 2.07. The van der Waals surface area contributed by atoms with Crippen LogP contribution in [-0.2, 0) is 0 Å². The zero-order valence-electron chi connectivity index (χ0n) is 19.6. The van der Waals surface area contributed by atoms with Gasteiger partial charge in [0.1, 0.15) is 39.3 Å². The number of nitrogens with one attached hydrogen (secondary N) is 1. The Morgan fingerprint density at radius 2 is 1.68 bits per heavy atom. The SMILES string of the molecule is CN(C)CCNC(=O)c1ccc(O)c2nc3c(/C=N/CC(O)CN(C)C)c(O)cc(O)c3nc12. The van der Waals surface area contributed by atoms with Crippen LogP contribution < -0.4 is 5.32 Å². The van der Waals surface area contributed by atoms with Gasteiger partial charge in [-0.1, -0.05) is 0 Å². The van der Waals surface area contributed by atoms with E-state index >= 15 is 0 Å². The monoisotopic (exact) mass is 470 g/mol. The van der Waals surface area contributed by atoms with E-state index in [4.69, 9.17) is 0 Å². The van der Waals surface area contributed by atoms with E-state index in [-0.39, 0.29) is 57.0 Å². The number of carbonyl (C=O) groups is 1. The van der Waals surface area contributed by atoms with Gasteiger partial charge in [0.2, 0.25) is 0 Å². The van der Waals surface area contributed by atoms with Crippen molar-refractivity contribution in [2.24, 2.45) is 4.99 Å². The standard InChI is InChI=1S/C23H30N6O5/c1-28(2)8-7-25-23(34)14-5-6-16(31)21-19(14)26-22-18(33)9-17(32)15(20(22)27-21)11-24-10-13(30)12-29(3)4/h5-6,9,11,13,30-33H,7-8,10,12H2,1-4H3,(H,25,34)/b24-11+. The number of benzene rings is 2. The van der Waals surface area contributed by atoms with Crippen LogP contribution >= 0.6 is 0 Å². The van der Waals surface area contributed by atoms with Crippen molar-refractivity contribution in [3.05, 3.63) is 29.3 Å². The van der Waals surface area contributed by atoms with Crippen LogP contribution in [0.2, 0.25) is 0 Å². The summed E-state index contributed by atoms with van der Waals surface area (Å²) in [7, 11) is 7.44. The highest BCUT2D eigenvalue weighted by atomic mass is 16.3. The average Bonchev–Trinajstić information content (AvgIpc) is 2.74. The van der Waals surface area contributed by atoms with Gasteiger partial charge in [0.05, 0.1) is 23.8 Å². The summed E-state index contributed by atoms with van der Waals surface area (Å²) in [5, 5.41) is 44.1. The van der Waals surface area contributed by atoms with Crippen molar-refractivity contribution in [2.75, 3.05) is 54.4 Å². The van der Waals surface area contributed by atoms with Crippen molar-refractivity contribution in [3.63, 3.8) is 0 Å². The number of fused-ring (bicyclic) bond motifs is 2. The van der Waals surface area contributed by atoms with Crippen molar-refractivity contribution >= 4 is 34.2 Å². The summed E-state index contributed by atoms with van der Waals surface area (Å²) < 4.78 is 0. The molecule has 5 N–H and O–H groups in total. The van der Waals surface area contributed by atoms with E-state index in [1.54, 1.807) is 0 Å². The van der Waals surface area contributed by atoms with Crippen LogP contribution in [0.25, 0.3) is 22.1 Å².